The Labute approximate surface area is 78.0 Å². The topological polar surface area (TPSA) is 44.5 Å². The molecular formula is C8H21NO2Si. The van der Waals surface area contributed by atoms with Gasteiger partial charge in [0.25, 0.3) is 0 Å². The fourth-order valence-corrected chi connectivity index (χ4v) is 1.28. The maximum atomic E-state index is 5.22. The fraction of sp³-hybridized carbons (Fsp3) is 1.00. The highest BCUT2D eigenvalue weighted by atomic mass is 28.1. The van der Waals surface area contributed by atoms with Crippen molar-refractivity contribution in [2.24, 2.45) is 5.73 Å². The molecule has 0 aliphatic heterocycles. The Kier molecular flexibility index (Phi) is 7.79. The summed E-state index contributed by atoms with van der Waals surface area (Å²) in [6.07, 6.45) is 2.53. The van der Waals surface area contributed by atoms with Gasteiger partial charge < -0.3 is 15.2 Å². The second-order valence-corrected chi connectivity index (χ2v) is 3.76. The van der Waals surface area contributed by atoms with Gasteiger partial charge in [-0.2, -0.15) is 0 Å². The average molecular weight is 191 g/mol. The summed E-state index contributed by atoms with van der Waals surface area (Å²) >= 11 is 0. The second-order valence-electron chi connectivity index (χ2n) is 2.82. The zero-order valence-corrected chi connectivity index (χ0v) is 10.4. The van der Waals surface area contributed by atoms with Crippen LogP contribution in [0.1, 0.15) is 26.7 Å². The van der Waals surface area contributed by atoms with Crippen LogP contribution in [0.25, 0.3) is 0 Å². The van der Waals surface area contributed by atoms with Crippen molar-refractivity contribution in [2.45, 2.75) is 38.6 Å². The molecule has 0 heterocycles. The minimum Gasteiger partial charge on any atom is -0.358 e. The first-order valence-electron chi connectivity index (χ1n) is 4.69. The van der Waals surface area contributed by atoms with Gasteiger partial charge in [0.05, 0.1) is 10.2 Å². The predicted molar refractivity (Wildman–Crippen MR) is 54.2 cm³/mol. The molecule has 0 radical (unpaired) electrons. The summed E-state index contributed by atoms with van der Waals surface area (Å²) in [5.74, 6) is 0.102. The molecule has 0 amide bonds. The molecule has 0 unspecified atom stereocenters. The Balaban J connectivity index is 0.000000247. The van der Waals surface area contributed by atoms with Gasteiger partial charge in [0, 0.05) is 19.3 Å². The molecule has 74 valence electrons. The van der Waals surface area contributed by atoms with Crippen LogP contribution in [-0.4, -0.2) is 35.4 Å². The number of hydrogen-bond donors (Lipinski definition) is 1. The molecule has 0 aromatic heterocycles. The summed E-state index contributed by atoms with van der Waals surface area (Å²) in [4.78, 5) is 0. The molecule has 0 spiro atoms. The molecule has 0 aromatic rings. The van der Waals surface area contributed by atoms with E-state index >= 15 is 0 Å². The molecule has 0 bridgehead atoms. The summed E-state index contributed by atoms with van der Waals surface area (Å²) < 4.78 is 10.2. The number of rotatable bonds is 4. The predicted octanol–water partition coefficient (Wildman–Crippen LogP) is -0.184. The highest BCUT2D eigenvalue weighted by Gasteiger charge is 2.13. The molecule has 1 rings (SSSR count). The van der Waals surface area contributed by atoms with Gasteiger partial charge in [-0.1, -0.05) is 0 Å². The Morgan fingerprint density at radius 2 is 1.67 bits per heavy atom. The smallest absolute Gasteiger partial charge is 0.131 e. The van der Waals surface area contributed by atoms with Gasteiger partial charge in [0.15, 0.2) is 0 Å². The highest BCUT2D eigenvalue weighted by Crippen LogP contribution is 2.13. The molecule has 4 heteroatoms. The summed E-state index contributed by atoms with van der Waals surface area (Å²) in [6.45, 7) is 5.47. The maximum Gasteiger partial charge on any atom is 0.131 e. The van der Waals surface area contributed by atoms with Crippen LogP contribution in [0.4, 0.5) is 0 Å². The van der Waals surface area contributed by atoms with Gasteiger partial charge in [0.2, 0.25) is 0 Å². The van der Waals surface area contributed by atoms with E-state index in [-0.39, 0.29) is 5.91 Å². The fourth-order valence-electron chi connectivity index (χ4n) is 0.614. The van der Waals surface area contributed by atoms with Crippen molar-refractivity contribution in [1.82, 2.24) is 0 Å². The summed E-state index contributed by atoms with van der Waals surface area (Å²) in [5, 5.41) is 0. The molecule has 3 nitrogen and oxygen atoms in total. The summed E-state index contributed by atoms with van der Waals surface area (Å²) in [6, 6.07) is 0.583. The number of nitrogens with two attached hydrogens (primary N) is 1. The van der Waals surface area contributed by atoms with Crippen molar-refractivity contribution in [3.63, 3.8) is 0 Å². The van der Waals surface area contributed by atoms with E-state index in [9.17, 15) is 0 Å². The molecule has 0 atom stereocenters. The molecule has 12 heavy (non-hydrogen) atoms. The summed E-state index contributed by atoms with van der Waals surface area (Å²) in [5.41, 5.74) is 5.22. The van der Waals surface area contributed by atoms with Crippen LogP contribution in [0.15, 0.2) is 0 Å². The molecule has 1 aliphatic rings. The first kappa shape index (κ1) is 12.1. The van der Waals surface area contributed by atoms with E-state index in [1.165, 1.54) is 12.8 Å². The first-order valence-corrected chi connectivity index (χ1v) is 5.84. The number of hydrogen-bond acceptors (Lipinski definition) is 3. The largest absolute Gasteiger partial charge is 0.358 e. The molecular weight excluding hydrogens is 170 g/mol. The van der Waals surface area contributed by atoms with Crippen molar-refractivity contribution in [2.75, 3.05) is 13.2 Å². The van der Waals surface area contributed by atoms with Crippen molar-refractivity contribution in [3.8, 4) is 0 Å². The van der Waals surface area contributed by atoms with E-state index in [4.69, 9.17) is 15.2 Å². The molecule has 0 saturated heterocycles. The molecule has 0 aromatic carbocycles. The molecule has 1 aliphatic carbocycles. The van der Waals surface area contributed by atoms with Crippen LogP contribution in [0.2, 0.25) is 0 Å². The third kappa shape index (κ3) is 10.1. The number of ether oxygens (including phenoxy) is 2. The Hall–Kier alpha value is 0.0969. The lowest BCUT2D eigenvalue weighted by molar-refractivity contribution is -0.0801. The second kappa shape index (κ2) is 7.73. The van der Waals surface area contributed by atoms with Crippen LogP contribution in [0.5, 0.6) is 0 Å². The van der Waals surface area contributed by atoms with Crippen molar-refractivity contribution >= 4 is 10.2 Å². The highest BCUT2D eigenvalue weighted by molar-refractivity contribution is 6.09. The van der Waals surface area contributed by atoms with E-state index < -0.39 is 0 Å². The lowest BCUT2D eigenvalue weighted by atomic mass is 10.8. The Morgan fingerprint density at radius 1 is 1.33 bits per heavy atom. The van der Waals surface area contributed by atoms with Gasteiger partial charge in [-0.05, 0) is 26.7 Å². The molecule has 1 fully saturated rings. The maximum absolute atomic E-state index is 5.22. The minimum absolute atomic E-state index is 0.102. The van der Waals surface area contributed by atoms with Crippen molar-refractivity contribution < 1.29 is 9.47 Å². The SMILES string of the molecule is CCOC([SiH3])OCC.NC1CC1. The van der Waals surface area contributed by atoms with Gasteiger partial charge in [-0.3, -0.25) is 0 Å². The van der Waals surface area contributed by atoms with Crippen LogP contribution < -0.4 is 5.73 Å². The van der Waals surface area contributed by atoms with Crippen LogP contribution in [-0.2, 0) is 9.47 Å². The van der Waals surface area contributed by atoms with Crippen molar-refractivity contribution in [1.29, 1.82) is 0 Å². The third-order valence-electron chi connectivity index (χ3n) is 1.42. The Bertz CT molecular complexity index is 93.1. The van der Waals surface area contributed by atoms with Gasteiger partial charge in [-0.25, -0.2) is 0 Å². The first-order chi connectivity index (χ1) is 5.70. The lowest BCUT2D eigenvalue weighted by Crippen LogP contribution is -2.16. The van der Waals surface area contributed by atoms with E-state index in [1.54, 1.807) is 0 Å². The van der Waals surface area contributed by atoms with Gasteiger partial charge in [0.1, 0.15) is 5.91 Å². The Morgan fingerprint density at radius 3 is 1.83 bits per heavy atom. The molecule has 1 saturated carbocycles. The third-order valence-corrected chi connectivity index (χ3v) is 2.09. The van der Waals surface area contributed by atoms with E-state index in [0.717, 1.165) is 23.5 Å². The van der Waals surface area contributed by atoms with E-state index in [1.807, 2.05) is 13.8 Å². The quantitative estimate of drug-likeness (QED) is 0.495. The van der Waals surface area contributed by atoms with Gasteiger partial charge >= 0.3 is 0 Å². The lowest BCUT2D eigenvalue weighted by Gasteiger charge is -2.09. The van der Waals surface area contributed by atoms with Crippen LogP contribution in [0, 0.1) is 0 Å². The van der Waals surface area contributed by atoms with Crippen molar-refractivity contribution in [3.05, 3.63) is 0 Å². The normalized spacial score (nSPS) is 16.0. The van der Waals surface area contributed by atoms with Crippen LogP contribution >= 0.6 is 0 Å². The van der Waals surface area contributed by atoms with Crippen LogP contribution in [0.3, 0.4) is 0 Å². The molecule has 2 N–H and O–H groups in total. The standard InChI is InChI=1S/C5H14O2Si.C3H7N/c1-3-6-5(8)7-4-2;4-3-1-2-3/h5H,3-4H2,1-2,8H3;3H,1-2,4H2. The van der Waals surface area contributed by atoms with E-state index in [0.29, 0.717) is 6.04 Å². The average Bonchev–Trinajstić information content (AvgIpc) is 2.74. The van der Waals surface area contributed by atoms with E-state index in [2.05, 4.69) is 0 Å². The zero-order chi connectivity index (χ0) is 9.40. The zero-order valence-electron chi connectivity index (χ0n) is 8.38. The minimum atomic E-state index is 0.102. The van der Waals surface area contributed by atoms with Gasteiger partial charge in [-0.15, -0.1) is 0 Å². The summed E-state index contributed by atoms with van der Waals surface area (Å²) in [7, 11) is 0.964. The monoisotopic (exact) mass is 191 g/mol.